The minimum absolute atomic E-state index is 0.144. The highest BCUT2D eigenvalue weighted by atomic mass is 19.1. The van der Waals surface area contributed by atoms with Crippen molar-refractivity contribution in [2.24, 2.45) is 0 Å². The number of fused-ring (bicyclic) bond motifs is 1. The molecule has 158 valence electrons. The second kappa shape index (κ2) is 8.91. The van der Waals surface area contributed by atoms with Crippen molar-refractivity contribution in [3.63, 3.8) is 0 Å². The van der Waals surface area contributed by atoms with Crippen LogP contribution in [0, 0.1) is 12.7 Å². The van der Waals surface area contributed by atoms with Gasteiger partial charge in [0.2, 0.25) is 0 Å². The lowest BCUT2D eigenvalue weighted by molar-refractivity contribution is 0.0950. The summed E-state index contributed by atoms with van der Waals surface area (Å²) in [4.78, 5) is 37.1. The van der Waals surface area contributed by atoms with Crippen LogP contribution in [0.5, 0.6) is 0 Å². The zero-order valence-electron chi connectivity index (χ0n) is 17.1. The summed E-state index contributed by atoms with van der Waals surface area (Å²) in [6.45, 7) is 2.48. The number of hydrogen-bond acceptors (Lipinski definition) is 4. The predicted octanol–water partition coefficient (Wildman–Crippen LogP) is 2.98. The number of halogens is 1. The molecule has 8 heteroatoms. The number of aromatic amines is 1. The second-order valence-corrected chi connectivity index (χ2v) is 7.37. The molecule has 1 amide bonds. The first-order valence-electron chi connectivity index (χ1n) is 10.0. The van der Waals surface area contributed by atoms with Crippen LogP contribution < -0.4 is 10.9 Å². The topological polar surface area (TPSA) is 92.7 Å². The van der Waals surface area contributed by atoms with E-state index >= 15 is 0 Å². The van der Waals surface area contributed by atoms with Crippen LogP contribution in [0.15, 0.2) is 59.8 Å². The van der Waals surface area contributed by atoms with Crippen LogP contribution in [0.25, 0.3) is 11.0 Å². The summed E-state index contributed by atoms with van der Waals surface area (Å²) >= 11 is 0. The molecular weight excluding hydrogens is 397 g/mol. The molecule has 0 saturated carbocycles. The van der Waals surface area contributed by atoms with Gasteiger partial charge in [0.15, 0.2) is 0 Å². The molecule has 0 spiro atoms. The summed E-state index contributed by atoms with van der Waals surface area (Å²) in [6.07, 6.45) is 6.27. The van der Waals surface area contributed by atoms with Gasteiger partial charge in [-0.25, -0.2) is 9.37 Å². The molecule has 3 heterocycles. The van der Waals surface area contributed by atoms with Crippen molar-refractivity contribution in [1.29, 1.82) is 0 Å². The highest BCUT2D eigenvalue weighted by Crippen LogP contribution is 2.13. The molecule has 0 unspecified atom stereocenters. The Morgan fingerprint density at radius 2 is 2.13 bits per heavy atom. The second-order valence-electron chi connectivity index (χ2n) is 7.37. The standard InChI is InChI=1S/C23H22FN5O2/c1-15-8-11-29(14-16-4-2-9-25-13-16)23(31)21(15)22(30)26-10-3-5-20-27-18-7-6-17(24)12-19(18)28-20/h2,4,6-9,11-13H,3,5,10,14H2,1H3,(H,26,30)(H,27,28). The molecule has 4 rings (SSSR count). The third-order valence-corrected chi connectivity index (χ3v) is 5.05. The first kappa shape index (κ1) is 20.5. The lowest BCUT2D eigenvalue weighted by atomic mass is 10.1. The SMILES string of the molecule is Cc1ccn(Cc2cccnc2)c(=O)c1C(=O)NCCCc1nc2ccc(F)cc2[nH]1. The smallest absolute Gasteiger partial charge is 0.263 e. The summed E-state index contributed by atoms with van der Waals surface area (Å²) in [7, 11) is 0. The Hall–Kier alpha value is -3.81. The zero-order chi connectivity index (χ0) is 21.8. The average Bonchev–Trinajstić information content (AvgIpc) is 3.16. The predicted molar refractivity (Wildman–Crippen MR) is 115 cm³/mol. The Kier molecular flexibility index (Phi) is 5.88. The minimum Gasteiger partial charge on any atom is -0.352 e. The molecule has 0 fully saturated rings. The number of hydrogen-bond donors (Lipinski definition) is 2. The van der Waals surface area contributed by atoms with Gasteiger partial charge in [0.1, 0.15) is 17.2 Å². The van der Waals surface area contributed by atoms with Crippen molar-refractivity contribution in [2.75, 3.05) is 6.54 Å². The Bertz CT molecular complexity index is 1280. The van der Waals surface area contributed by atoms with Crippen molar-refractivity contribution in [2.45, 2.75) is 26.3 Å². The fraction of sp³-hybridized carbons (Fsp3) is 0.217. The van der Waals surface area contributed by atoms with Crippen molar-refractivity contribution >= 4 is 16.9 Å². The van der Waals surface area contributed by atoms with E-state index in [4.69, 9.17) is 0 Å². The molecule has 0 aliphatic rings. The number of pyridine rings is 2. The summed E-state index contributed by atoms with van der Waals surface area (Å²) < 4.78 is 14.8. The molecule has 4 aromatic rings. The number of aromatic nitrogens is 4. The van der Waals surface area contributed by atoms with E-state index in [0.717, 1.165) is 11.4 Å². The molecule has 0 aliphatic heterocycles. The van der Waals surface area contributed by atoms with Crippen molar-refractivity contribution in [3.8, 4) is 0 Å². The van der Waals surface area contributed by atoms with Gasteiger partial charge in [0.25, 0.3) is 11.5 Å². The number of H-pyrrole nitrogens is 1. The number of carbonyl (C=O) groups is 1. The van der Waals surface area contributed by atoms with Crippen LogP contribution in [0.2, 0.25) is 0 Å². The van der Waals surface area contributed by atoms with Crippen LogP contribution in [0.3, 0.4) is 0 Å². The first-order chi connectivity index (χ1) is 15.0. The molecule has 0 aliphatic carbocycles. The molecule has 31 heavy (non-hydrogen) atoms. The van der Waals surface area contributed by atoms with Gasteiger partial charge in [-0.05, 0) is 54.8 Å². The van der Waals surface area contributed by atoms with Gasteiger partial charge < -0.3 is 14.9 Å². The molecule has 0 radical (unpaired) electrons. The van der Waals surface area contributed by atoms with E-state index in [-0.39, 0.29) is 16.9 Å². The van der Waals surface area contributed by atoms with E-state index in [1.807, 2.05) is 6.07 Å². The number of amides is 1. The normalized spacial score (nSPS) is 11.0. The van der Waals surface area contributed by atoms with Crippen LogP contribution in [0.1, 0.15) is 33.7 Å². The highest BCUT2D eigenvalue weighted by molar-refractivity contribution is 5.95. The number of nitrogens with one attached hydrogen (secondary N) is 2. The van der Waals surface area contributed by atoms with Gasteiger partial charge in [-0.15, -0.1) is 0 Å². The summed E-state index contributed by atoms with van der Waals surface area (Å²) in [5.41, 5.74) is 2.67. The fourth-order valence-electron chi connectivity index (χ4n) is 3.45. The largest absolute Gasteiger partial charge is 0.352 e. The van der Waals surface area contributed by atoms with E-state index in [0.29, 0.717) is 42.5 Å². The maximum Gasteiger partial charge on any atom is 0.263 e. The van der Waals surface area contributed by atoms with Gasteiger partial charge in [-0.1, -0.05) is 6.07 Å². The van der Waals surface area contributed by atoms with E-state index < -0.39 is 5.91 Å². The number of nitrogens with zero attached hydrogens (tertiary/aromatic N) is 3. The van der Waals surface area contributed by atoms with E-state index in [1.165, 1.54) is 16.7 Å². The minimum atomic E-state index is -0.394. The van der Waals surface area contributed by atoms with E-state index in [9.17, 15) is 14.0 Å². The molecule has 0 saturated heterocycles. The number of rotatable bonds is 7. The van der Waals surface area contributed by atoms with Crippen LogP contribution >= 0.6 is 0 Å². The number of aryl methyl sites for hydroxylation is 2. The van der Waals surface area contributed by atoms with Crippen molar-refractivity contribution in [1.82, 2.24) is 24.8 Å². The average molecular weight is 419 g/mol. The molecule has 2 N–H and O–H groups in total. The van der Waals surface area contributed by atoms with Gasteiger partial charge >= 0.3 is 0 Å². The van der Waals surface area contributed by atoms with Gasteiger partial charge in [0, 0.05) is 31.6 Å². The van der Waals surface area contributed by atoms with E-state index in [1.54, 1.807) is 43.7 Å². The highest BCUT2D eigenvalue weighted by Gasteiger charge is 2.15. The Labute approximate surface area is 178 Å². The van der Waals surface area contributed by atoms with Gasteiger partial charge in [-0.2, -0.15) is 0 Å². The lowest BCUT2D eigenvalue weighted by Gasteiger charge is -2.11. The maximum atomic E-state index is 13.3. The third-order valence-electron chi connectivity index (χ3n) is 5.05. The molecular formula is C23H22FN5O2. The van der Waals surface area contributed by atoms with Crippen molar-refractivity contribution in [3.05, 3.63) is 93.7 Å². The monoisotopic (exact) mass is 419 g/mol. The fourth-order valence-corrected chi connectivity index (χ4v) is 3.45. The van der Waals surface area contributed by atoms with Crippen LogP contribution in [0.4, 0.5) is 4.39 Å². The lowest BCUT2D eigenvalue weighted by Crippen LogP contribution is -2.34. The Morgan fingerprint density at radius 3 is 2.94 bits per heavy atom. The Balaban J connectivity index is 1.38. The maximum absolute atomic E-state index is 13.3. The molecule has 7 nitrogen and oxygen atoms in total. The molecule has 3 aromatic heterocycles. The Morgan fingerprint density at radius 1 is 1.26 bits per heavy atom. The molecule has 0 bridgehead atoms. The molecule has 0 atom stereocenters. The third kappa shape index (κ3) is 4.69. The van der Waals surface area contributed by atoms with Crippen LogP contribution in [-0.4, -0.2) is 32.0 Å². The summed E-state index contributed by atoms with van der Waals surface area (Å²) in [6, 6.07) is 9.85. The van der Waals surface area contributed by atoms with Crippen molar-refractivity contribution < 1.29 is 9.18 Å². The number of benzene rings is 1. The van der Waals surface area contributed by atoms with Gasteiger partial charge in [0.05, 0.1) is 17.6 Å². The number of carbonyl (C=O) groups excluding carboxylic acids is 1. The summed E-state index contributed by atoms with van der Waals surface area (Å²) in [5, 5.41) is 2.82. The number of imidazole rings is 1. The van der Waals surface area contributed by atoms with Gasteiger partial charge in [-0.3, -0.25) is 14.6 Å². The zero-order valence-corrected chi connectivity index (χ0v) is 17.1. The summed E-state index contributed by atoms with van der Waals surface area (Å²) in [5.74, 6) is 0.0154. The quantitative estimate of drug-likeness (QED) is 0.451. The molecule has 1 aromatic carbocycles. The van der Waals surface area contributed by atoms with Crippen LogP contribution in [-0.2, 0) is 13.0 Å². The van der Waals surface area contributed by atoms with E-state index in [2.05, 4.69) is 20.3 Å². The first-order valence-corrected chi connectivity index (χ1v) is 10.0.